The third-order valence-corrected chi connectivity index (χ3v) is 4.85. The number of aromatic nitrogens is 3. The molecule has 0 amide bonds. The minimum absolute atomic E-state index is 0.653. The van der Waals surface area contributed by atoms with Crippen molar-refractivity contribution in [2.75, 3.05) is 23.3 Å². The number of piperidine rings is 1. The van der Waals surface area contributed by atoms with Gasteiger partial charge in [0.2, 0.25) is 5.95 Å². The van der Waals surface area contributed by atoms with E-state index in [0.717, 1.165) is 36.4 Å². The van der Waals surface area contributed by atoms with Crippen LogP contribution in [0, 0.1) is 11.8 Å². The Morgan fingerprint density at radius 1 is 1.25 bits per heavy atom. The van der Waals surface area contributed by atoms with E-state index >= 15 is 0 Å². The number of anilines is 3. The van der Waals surface area contributed by atoms with E-state index in [2.05, 4.69) is 24.6 Å². The molecule has 104 valence electrons. The second kappa shape index (κ2) is 5.01. The molecule has 1 aliphatic heterocycles. The molecule has 5 nitrogen and oxygen atoms in total. The first-order valence-corrected chi connectivity index (χ1v) is 7.95. The Balaban J connectivity index is 1.53. The largest absolute Gasteiger partial charge is 0.356 e. The zero-order valence-electron chi connectivity index (χ0n) is 11.2. The molecule has 2 fully saturated rings. The molecule has 2 aromatic rings. The minimum atomic E-state index is 0.653. The standard InChI is InChI=1S/C14H17N5S/c1-2-11-5-10(1)7-19(8-11)13-3-4-15-14(18-13)17-12-6-16-20-9-12/h3-4,6,9-11H,1-2,5,7-8H2,(H,15,17,18)/t10-,11+. The van der Waals surface area contributed by atoms with Gasteiger partial charge in [-0.15, -0.1) is 0 Å². The second-order valence-corrected chi connectivity index (χ2v) is 6.38. The fraction of sp³-hybridized carbons (Fsp3) is 0.500. The molecule has 1 N–H and O–H groups in total. The summed E-state index contributed by atoms with van der Waals surface area (Å²) in [5, 5.41) is 5.16. The number of nitrogens with one attached hydrogen (secondary N) is 1. The molecule has 4 rings (SSSR count). The molecule has 0 spiro atoms. The first kappa shape index (κ1) is 12.1. The third-order valence-electron chi connectivity index (χ3n) is 4.26. The molecule has 0 unspecified atom stereocenters. The van der Waals surface area contributed by atoms with Gasteiger partial charge in [0, 0.05) is 24.7 Å². The van der Waals surface area contributed by atoms with Crippen molar-refractivity contribution in [3.8, 4) is 0 Å². The van der Waals surface area contributed by atoms with Gasteiger partial charge >= 0.3 is 0 Å². The van der Waals surface area contributed by atoms with Crippen LogP contribution in [0.3, 0.4) is 0 Å². The molecule has 0 aromatic carbocycles. The zero-order chi connectivity index (χ0) is 13.4. The minimum Gasteiger partial charge on any atom is -0.356 e. The molecule has 20 heavy (non-hydrogen) atoms. The predicted molar refractivity (Wildman–Crippen MR) is 80.5 cm³/mol. The van der Waals surface area contributed by atoms with E-state index in [1.165, 1.54) is 30.8 Å². The van der Waals surface area contributed by atoms with Crippen LogP contribution in [0.2, 0.25) is 0 Å². The van der Waals surface area contributed by atoms with Crippen molar-refractivity contribution < 1.29 is 0 Å². The SMILES string of the molecule is c1cc(N2C[C@@H]3CC[C@@H](C3)C2)nc(Nc2cnsc2)n1. The molecule has 0 radical (unpaired) electrons. The monoisotopic (exact) mass is 287 g/mol. The van der Waals surface area contributed by atoms with Gasteiger partial charge in [-0.3, -0.25) is 0 Å². The number of hydrogen-bond donors (Lipinski definition) is 1. The summed E-state index contributed by atoms with van der Waals surface area (Å²) in [6, 6.07) is 2.02. The lowest BCUT2D eigenvalue weighted by Crippen LogP contribution is -2.36. The van der Waals surface area contributed by atoms with Crippen LogP contribution in [0.15, 0.2) is 23.8 Å². The molecule has 2 bridgehead atoms. The number of hydrogen-bond acceptors (Lipinski definition) is 6. The van der Waals surface area contributed by atoms with Crippen molar-refractivity contribution in [2.45, 2.75) is 19.3 Å². The highest BCUT2D eigenvalue weighted by Gasteiger charge is 2.33. The quantitative estimate of drug-likeness (QED) is 0.940. The van der Waals surface area contributed by atoms with Gasteiger partial charge < -0.3 is 10.2 Å². The highest BCUT2D eigenvalue weighted by Crippen LogP contribution is 2.37. The normalized spacial score (nSPS) is 24.9. The molecule has 2 atom stereocenters. The van der Waals surface area contributed by atoms with Crippen molar-refractivity contribution >= 4 is 29.0 Å². The maximum Gasteiger partial charge on any atom is 0.229 e. The second-order valence-electron chi connectivity index (χ2n) is 5.73. The third kappa shape index (κ3) is 2.35. The van der Waals surface area contributed by atoms with E-state index in [0.29, 0.717) is 5.95 Å². The van der Waals surface area contributed by atoms with E-state index in [-0.39, 0.29) is 0 Å². The van der Waals surface area contributed by atoms with Crippen LogP contribution in [0.25, 0.3) is 0 Å². The highest BCUT2D eigenvalue weighted by molar-refractivity contribution is 7.04. The van der Waals surface area contributed by atoms with E-state index in [1.807, 2.05) is 17.6 Å². The van der Waals surface area contributed by atoms with Crippen LogP contribution in [-0.4, -0.2) is 27.4 Å². The van der Waals surface area contributed by atoms with Crippen LogP contribution in [-0.2, 0) is 0 Å². The van der Waals surface area contributed by atoms with Crippen molar-refractivity contribution in [3.05, 3.63) is 23.8 Å². The predicted octanol–water partition coefficient (Wildman–Crippen LogP) is 2.91. The van der Waals surface area contributed by atoms with Gasteiger partial charge in [0.05, 0.1) is 11.9 Å². The Labute approximate surface area is 122 Å². The maximum atomic E-state index is 4.65. The van der Waals surface area contributed by atoms with Crippen LogP contribution >= 0.6 is 11.5 Å². The summed E-state index contributed by atoms with van der Waals surface area (Å²) in [5.74, 6) is 3.42. The maximum absolute atomic E-state index is 4.65. The molecular weight excluding hydrogens is 270 g/mol. The Hall–Kier alpha value is -1.69. The Morgan fingerprint density at radius 3 is 2.85 bits per heavy atom. The van der Waals surface area contributed by atoms with Gasteiger partial charge in [-0.05, 0) is 48.7 Å². The molecule has 1 saturated heterocycles. The van der Waals surface area contributed by atoms with Gasteiger partial charge in [0.1, 0.15) is 5.82 Å². The van der Waals surface area contributed by atoms with E-state index < -0.39 is 0 Å². The average Bonchev–Trinajstić information content (AvgIpc) is 3.09. The highest BCUT2D eigenvalue weighted by atomic mass is 32.1. The van der Waals surface area contributed by atoms with Crippen molar-refractivity contribution in [3.63, 3.8) is 0 Å². The lowest BCUT2D eigenvalue weighted by atomic mass is 9.99. The van der Waals surface area contributed by atoms with Crippen LogP contribution < -0.4 is 10.2 Å². The van der Waals surface area contributed by atoms with Gasteiger partial charge in [-0.25, -0.2) is 4.98 Å². The van der Waals surface area contributed by atoms with Crippen molar-refractivity contribution in [1.29, 1.82) is 0 Å². The summed E-state index contributed by atoms with van der Waals surface area (Å²) in [6.45, 7) is 2.29. The Bertz CT molecular complexity index is 573. The molecule has 2 aromatic heterocycles. The summed E-state index contributed by atoms with van der Waals surface area (Å²) < 4.78 is 4.07. The molecule has 1 saturated carbocycles. The Morgan fingerprint density at radius 2 is 2.10 bits per heavy atom. The topological polar surface area (TPSA) is 53.9 Å². The fourth-order valence-electron chi connectivity index (χ4n) is 3.38. The lowest BCUT2D eigenvalue weighted by Gasteiger charge is -2.32. The van der Waals surface area contributed by atoms with E-state index in [9.17, 15) is 0 Å². The first-order chi connectivity index (χ1) is 9.87. The first-order valence-electron chi connectivity index (χ1n) is 7.11. The van der Waals surface area contributed by atoms with Gasteiger partial charge in [-0.2, -0.15) is 9.36 Å². The van der Waals surface area contributed by atoms with Gasteiger partial charge in [0.15, 0.2) is 0 Å². The number of nitrogens with zero attached hydrogens (tertiary/aromatic N) is 4. The summed E-state index contributed by atoms with van der Waals surface area (Å²) in [7, 11) is 0. The zero-order valence-corrected chi connectivity index (χ0v) is 12.0. The molecule has 3 heterocycles. The van der Waals surface area contributed by atoms with Crippen LogP contribution in [0.5, 0.6) is 0 Å². The number of rotatable bonds is 3. The summed E-state index contributed by atoms with van der Waals surface area (Å²) in [4.78, 5) is 11.4. The summed E-state index contributed by atoms with van der Waals surface area (Å²) in [6.07, 6.45) is 7.81. The molecule has 1 aliphatic carbocycles. The van der Waals surface area contributed by atoms with Crippen LogP contribution in [0.4, 0.5) is 17.5 Å². The summed E-state index contributed by atoms with van der Waals surface area (Å²) >= 11 is 1.42. The van der Waals surface area contributed by atoms with E-state index in [1.54, 1.807) is 6.20 Å². The molecule has 6 heteroatoms. The average molecular weight is 287 g/mol. The molecule has 2 aliphatic rings. The van der Waals surface area contributed by atoms with Crippen molar-refractivity contribution in [1.82, 2.24) is 14.3 Å². The molecular formula is C14H17N5S. The van der Waals surface area contributed by atoms with Gasteiger partial charge in [0.25, 0.3) is 0 Å². The Kier molecular flexibility index (Phi) is 3.03. The van der Waals surface area contributed by atoms with E-state index in [4.69, 9.17) is 0 Å². The lowest BCUT2D eigenvalue weighted by molar-refractivity contribution is 0.419. The number of fused-ring (bicyclic) bond motifs is 2. The summed E-state index contributed by atoms with van der Waals surface area (Å²) in [5.41, 5.74) is 0.950. The fourth-order valence-corrected chi connectivity index (χ4v) is 3.84. The van der Waals surface area contributed by atoms with Crippen LogP contribution in [0.1, 0.15) is 19.3 Å². The smallest absolute Gasteiger partial charge is 0.229 e. The van der Waals surface area contributed by atoms with Gasteiger partial charge in [-0.1, -0.05) is 0 Å². The van der Waals surface area contributed by atoms with Crippen molar-refractivity contribution in [2.24, 2.45) is 11.8 Å².